The molecule has 42 heavy (non-hydrogen) atoms. The van der Waals surface area contributed by atoms with Crippen LogP contribution >= 0.6 is 0 Å². The molecule has 2 fully saturated rings. The fourth-order valence-corrected chi connectivity index (χ4v) is 8.66. The molecule has 0 saturated heterocycles. The molecule has 2 heteroatoms. The SMILES string of the molecule is C[C@H](C/C=C/C[C@H](C)/C=C/C[C@@H](C)CC[C@H]1[C@@H](C)C[C@@H](O)CC1(C)C)CCC[C@@H](C)/C=C/[C@@H]1[C@@H](C)C[C@@H](O)CC1(C)C. The fraction of sp³-hybridized carbons (Fsp3) is 0.850. The van der Waals surface area contributed by atoms with Crippen molar-refractivity contribution in [1.29, 1.82) is 0 Å². The molecule has 0 heterocycles. The third-order valence-corrected chi connectivity index (χ3v) is 11.2. The van der Waals surface area contributed by atoms with Gasteiger partial charge in [0.05, 0.1) is 12.2 Å². The number of aliphatic hydroxyl groups excluding tert-OH is 2. The minimum Gasteiger partial charge on any atom is -0.393 e. The standard InChI is InChI=1S/C40H72O2/c1-29(17-13-19-31(3)21-23-37-33(5)25-35(41)27-39(37,7)8)15-11-12-16-30(2)18-14-20-32(4)22-24-38-34(6)26-36(42)28-40(38,9)10/h11-13,17,22,24,29-38,41-42H,14-16,18-21,23,25-28H2,1-10H3/b12-11+,17-13+,24-22+/t29-,30+,31+,32+,33-,34-,35+,36+,37-,38+/m0/s1. The van der Waals surface area contributed by atoms with E-state index in [1.54, 1.807) is 0 Å². The second-order valence-electron chi connectivity index (χ2n) is 16.9. The molecule has 0 unspecified atom stereocenters. The van der Waals surface area contributed by atoms with Crippen LogP contribution < -0.4 is 0 Å². The normalized spacial score (nSPS) is 32.9. The molecule has 0 bridgehead atoms. The average Bonchev–Trinajstić information content (AvgIpc) is 2.84. The van der Waals surface area contributed by atoms with Crippen LogP contribution in [0.1, 0.15) is 146 Å². The predicted octanol–water partition coefficient (Wildman–Crippen LogP) is 11.2. The van der Waals surface area contributed by atoms with Crippen LogP contribution in [0.25, 0.3) is 0 Å². The van der Waals surface area contributed by atoms with Gasteiger partial charge in [0.15, 0.2) is 0 Å². The van der Waals surface area contributed by atoms with Gasteiger partial charge < -0.3 is 10.2 Å². The highest BCUT2D eigenvalue weighted by Gasteiger charge is 2.40. The summed E-state index contributed by atoms with van der Waals surface area (Å²) in [6.45, 7) is 23.6. The molecule has 0 amide bonds. The van der Waals surface area contributed by atoms with Crippen molar-refractivity contribution in [1.82, 2.24) is 0 Å². The highest BCUT2D eigenvalue weighted by Crippen LogP contribution is 2.47. The van der Waals surface area contributed by atoms with Gasteiger partial charge >= 0.3 is 0 Å². The predicted molar refractivity (Wildman–Crippen MR) is 184 cm³/mol. The monoisotopic (exact) mass is 585 g/mol. The summed E-state index contributed by atoms with van der Waals surface area (Å²) in [4.78, 5) is 0. The van der Waals surface area contributed by atoms with Crippen LogP contribution in [0, 0.1) is 58.2 Å². The molecule has 0 aromatic rings. The van der Waals surface area contributed by atoms with Crippen LogP contribution in [0.3, 0.4) is 0 Å². The second-order valence-corrected chi connectivity index (χ2v) is 16.9. The van der Waals surface area contributed by atoms with Gasteiger partial charge in [-0.1, -0.05) is 125 Å². The molecule has 0 aliphatic heterocycles. The van der Waals surface area contributed by atoms with Crippen LogP contribution in [0.4, 0.5) is 0 Å². The van der Waals surface area contributed by atoms with Gasteiger partial charge in [0, 0.05) is 0 Å². The van der Waals surface area contributed by atoms with Crippen molar-refractivity contribution in [2.24, 2.45) is 58.2 Å². The Labute approximate surface area is 262 Å². The van der Waals surface area contributed by atoms with Crippen molar-refractivity contribution in [2.45, 2.75) is 158 Å². The maximum atomic E-state index is 10.2. The summed E-state index contributed by atoms with van der Waals surface area (Å²) in [5, 5.41) is 20.4. The topological polar surface area (TPSA) is 40.5 Å². The van der Waals surface area contributed by atoms with E-state index in [9.17, 15) is 10.2 Å². The van der Waals surface area contributed by atoms with Gasteiger partial charge in [-0.05, 0) is 116 Å². The fourth-order valence-electron chi connectivity index (χ4n) is 8.66. The van der Waals surface area contributed by atoms with Crippen molar-refractivity contribution in [3.8, 4) is 0 Å². The van der Waals surface area contributed by atoms with Gasteiger partial charge in [-0.2, -0.15) is 0 Å². The summed E-state index contributed by atoms with van der Waals surface area (Å²) < 4.78 is 0. The first-order chi connectivity index (χ1) is 19.6. The molecular weight excluding hydrogens is 512 g/mol. The Balaban J connectivity index is 1.59. The Hall–Kier alpha value is -0.860. The van der Waals surface area contributed by atoms with Crippen molar-refractivity contribution in [3.05, 3.63) is 36.5 Å². The summed E-state index contributed by atoms with van der Waals surface area (Å²) in [5.74, 6) is 5.23. The van der Waals surface area contributed by atoms with Gasteiger partial charge in [-0.3, -0.25) is 0 Å². The molecule has 2 nitrogen and oxygen atoms in total. The van der Waals surface area contributed by atoms with E-state index in [0.29, 0.717) is 29.6 Å². The minimum absolute atomic E-state index is 0.104. The zero-order valence-electron chi connectivity index (χ0n) is 29.6. The lowest BCUT2D eigenvalue weighted by Crippen LogP contribution is -2.40. The van der Waals surface area contributed by atoms with Crippen LogP contribution in [-0.4, -0.2) is 22.4 Å². The summed E-state index contributed by atoms with van der Waals surface area (Å²) in [6.07, 6.45) is 28.2. The summed E-state index contributed by atoms with van der Waals surface area (Å²) in [5.41, 5.74) is 0.454. The van der Waals surface area contributed by atoms with Crippen LogP contribution in [-0.2, 0) is 0 Å². The molecule has 2 aliphatic rings. The van der Waals surface area contributed by atoms with Crippen molar-refractivity contribution in [3.63, 3.8) is 0 Å². The lowest BCUT2D eigenvalue weighted by Gasteiger charge is -2.45. The van der Waals surface area contributed by atoms with E-state index >= 15 is 0 Å². The Kier molecular flexibility index (Phi) is 15.6. The molecule has 2 N–H and O–H groups in total. The number of hydrogen-bond donors (Lipinski definition) is 2. The zero-order chi connectivity index (χ0) is 31.5. The maximum Gasteiger partial charge on any atom is 0.0548 e. The quantitative estimate of drug-likeness (QED) is 0.177. The van der Waals surface area contributed by atoms with E-state index in [0.717, 1.165) is 49.9 Å². The molecule has 0 spiro atoms. The smallest absolute Gasteiger partial charge is 0.0548 e. The number of hydrogen-bond acceptors (Lipinski definition) is 2. The molecule has 2 aliphatic carbocycles. The van der Waals surface area contributed by atoms with Crippen LogP contribution in [0.15, 0.2) is 36.5 Å². The first-order valence-corrected chi connectivity index (χ1v) is 18.0. The third kappa shape index (κ3) is 13.0. The molecule has 244 valence electrons. The summed E-state index contributed by atoms with van der Waals surface area (Å²) >= 11 is 0. The maximum absolute atomic E-state index is 10.2. The van der Waals surface area contributed by atoms with E-state index in [1.807, 2.05) is 0 Å². The molecule has 2 rings (SSSR count). The van der Waals surface area contributed by atoms with Crippen molar-refractivity contribution >= 4 is 0 Å². The lowest BCUT2D eigenvalue weighted by atomic mass is 9.61. The molecule has 0 aromatic carbocycles. The van der Waals surface area contributed by atoms with E-state index in [-0.39, 0.29) is 23.0 Å². The van der Waals surface area contributed by atoms with Gasteiger partial charge in [0.1, 0.15) is 0 Å². The van der Waals surface area contributed by atoms with Crippen molar-refractivity contribution in [2.75, 3.05) is 0 Å². The first-order valence-electron chi connectivity index (χ1n) is 18.0. The van der Waals surface area contributed by atoms with Gasteiger partial charge in [-0.25, -0.2) is 0 Å². The number of allylic oxidation sites excluding steroid dienone is 6. The highest BCUT2D eigenvalue weighted by atomic mass is 16.3. The Morgan fingerprint density at radius 3 is 1.88 bits per heavy atom. The highest BCUT2D eigenvalue weighted by molar-refractivity contribution is 5.03. The van der Waals surface area contributed by atoms with Gasteiger partial charge in [0.25, 0.3) is 0 Å². The molecular formula is C40H72O2. The van der Waals surface area contributed by atoms with E-state index < -0.39 is 0 Å². The van der Waals surface area contributed by atoms with Crippen molar-refractivity contribution < 1.29 is 10.2 Å². The molecule has 0 radical (unpaired) electrons. The largest absolute Gasteiger partial charge is 0.393 e. The average molecular weight is 585 g/mol. The van der Waals surface area contributed by atoms with Gasteiger partial charge in [0.2, 0.25) is 0 Å². The van der Waals surface area contributed by atoms with Crippen LogP contribution in [0.5, 0.6) is 0 Å². The first kappa shape index (κ1) is 37.3. The molecule has 10 atom stereocenters. The number of aliphatic hydroxyl groups is 2. The Morgan fingerprint density at radius 2 is 1.24 bits per heavy atom. The van der Waals surface area contributed by atoms with E-state index in [1.165, 1.54) is 44.9 Å². The Bertz CT molecular complexity index is 835. The molecule has 2 saturated carbocycles. The van der Waals surface area contributed by atoms with E-state index in [2.05, 4.69) is 106 Å². The minimum atomic E-state index is -0.128. The zero-order valence-corrected chi connectivity index (χ0v) is 29.6. The summed E-state index contributed by atoms with van der Waals surface area (Å²) in [6, 6.07) is 0. The van der Waals surface area contributed by atoms with Crippen LogP contribution in [0.2, 0.25) is 0 Å². The lowest BCUT2D eigenvalue weighted by molar-refractivity contribution is -0.0173. The van der Waals surface area contributed by atoms with Gasteiger partial charge in [-0.15, -0.1) is 0 Å². The summed E-state index contributed by atoms with van der Waals surface area (Å²) in [7, 11) is 0. The Morgan fingerprint density at radius 1 is 0.667 bits per heavy atom. The molecule has 0 aromatic heterocycles. The third-order valence-electron chi connectivity index (χ3n) is 11.2. The van der Waals surface area contributed by atoms with E-state index in [4.69, 9.17) is 0 Å². The second kappa shape index (κ2) is 17.6. The number of rotatable bonds is 16.